The maximum Gasteiger partial charge on any atom is 0.271 e. The largest absolute Gasteiger partial charge is 0.278 e. The van der Waals surface area contributed by atoms with Crippen molar-refractivity contribution in [3.8, 4) is 0 Å². The molecule has 0 radical (unpaired) electrons. The fourth-order valence-corrected chi connectivity index (χ4v) is 4.92. The van der Waals surface area contributed by atoms with E-state index in [2.05, 4.69) is 19.1 Å². The van der Waals surface area contributed by atoms with Gasteiger partial charge in [-0.3, -0.25) is 24.6 Å². The van der Waals surface area contributed by atoms with Crippen molar-refractivity contribution in [2.24, 2.45) is 29.1 Å². The van der Waals surface area contributed by atoms with E-state index >= 15 is 0 Å². The van der Waals surface area contributed by atoms with E-state index in [-0.39, 0.29) is 40.5 Å². The summed E-state index contributed by atoms with van der Waals surface area (Å²) in [6.45, 7) is 2.08. The van der Waals surface area contributed by atoms with E-state index in [1.165, 1.54) is 18.2 Å². The van der Waals surface area contributed by atoms with Gasteiger partial charge in [0.2, 0.25) is 12.3 Å². The second kappa shape index (κ2) is 5.00. The highest BCUT2D eigenvalue weighted by Crippen LogP contribution is 2.72. The highest BCUT2D eigenvalue weighted by atomic mass is 16.6. The maximum absolute atomic E-state index is 13.1. The molecule has 0 N–H and O–H groups in total. The van der Waals surface area contributed by atoms with Gasteiger partial charge < -0.3 is 0 Å². The van der Waals surface area contributed by atoms with Crippen LogP contribution in [0.4, 0.5) is 11.4 Å². The van der Waals surface area contributed by atoms with Gasteiger partial charge in [-0.25, -0.2) is 0 Å². The fourth-order valence-electron chi connectivity index (χ4n) is 4.92. The Kier molecular flexibility index (Phi) is 3.13. The summed E-state index contributed by atoms with van der Waals surface area (Å²) in [4.78, 5) is 36.1. The predicted molar refractivity (Wildman–Crippen MR) is 87.1 cm³/mol. The van der Waals surface area contributed by atoms with Crippen molar-refractivity contribution in [2.75, 3.05) is 4.90 Å². The lowest BCUT2D eigenvalue weighted by atomic mass is 9.83. The number of nitro groups is 1. The quantitative estimate of drug-likeness (QED) is 0.369. The number of carbonyl (C=O) groups is 2. The molecule has 3 aliphatic rings. The molecule has 0 aliphatic heterocycles. The lowest BCUT2D eigenvalue weighted by Gasteiger charge is -2.27. The van der Waals surface area contributed by atoms with Crippen LogP contribution in [0.15, 0.2) is 36.4 Å². The number of imide groups is 1. The second-order valence-electron chi connectivity index (χ2n) is 7.15. The average Bonchev–Trinajstić information content (AvgIpc) is 3.23. The molecule has 6 heteroatoms. The minimum Gasteiger partial charge on any atom is -0.278 e. The van der Waals surface area contributed by atoms with E-state index in [1.807, 2.05) is 0 Å². The molecule has 2 fully saturated rings. The molecule has 0 saturated heterocycles. The summed E-state index contributed by atoms with van der Waals surface area (Å²) in [6.07, 6.45) is 7.12. The molecule has 2 bridgehead atoms. The summed E-state index contributed by atoms with van der Waals surface area (Å²) in [5.41, 5.74) is 0.358. The van der Waals surface area contributed by atoms with E-state index in [1.54, 1.807) is 6.07 Å². The number of allylic oxidation sites excluding steroid dienone is 2. The zero-order valence-electron chi connectivity index (χ0n) is 13.3. The van der Waals surface area contributed by atoms with Crippen molar-refractivity contribution in [1.29, 1.82) is 0 Å². The van der Waals surface area contributed by atoms with Crippen LogP contribution in [0.1, 0.15) is 19.8 Å². The van der Waals surface area contributed by atoms with Gasteiger partial charge in [-0.15, -0.1) is 0 Å². The van der Waals surface area contributed by atoms with Crippen LogP contribution in [-0.4, -0.2) is 17.2 Å². The summed E-state index contributed by atoms with van der Waals surface area (Å²) >= 11 is 0. The van der Waals surface area contributed by atoms with Crippen LogP contribution in [0.2, 0.25) is 0 Å². The number of amides is 2. The van der Waals surface area contributed by atoms with Crippen molar-refractivity contribution >= 4 is 23.7 Å². The molecule has 124 valence electrons. The molecule has 2 amide bonds. The van der Waals surface area contributed by atoms with Gasteiger partial charge in [-0.05, 0) is 42.1 Å². The van der Waals surface area contributed by atoms with Crippen LogP contribution in [0, 0.1) is 39.2 Å². The van der Waals surface area contributed by atoms with Crippen molar-refractivity contribution in [1.82, 2.24) is 0 Å². The van der Waals surface area contributed by atoms with Crippen molar-refractivity contribution in [3.05, 3.63) is 46.5 Å². The first-order chi connectivity index (χ1) is 11.5. The first-order valence-corrected chi connectivity index (χ1v) is 8.21. The molecule has 0 unspecified atom stereocenters. The lowest BCUT2D eigenvalue weighted by Crippen LogP contribution is -2.39. The molecule has 1 aromatic carbocycles. The lowest BCUT2D eigenvalue weighted by molar-refractivity contribution is -0.384. The van der Waals surface area contributed by atoms with Gasteiger partial charge in [0.1, 0.15) is 0 Å². The third-order valence-electron chi connectivity index (χ3n) is 6.15. The number of nitro benzene ring substituents is 1. The Bertz CT molecular complexity index is 768. The molecule has 6 nitrogen and oxygen atoms in total. The highest BCUT2D eigenvalue weighted by Gasteiger charge is 2.67. The summed E-state index contributed by atoms with van der Waals surface area (Å²) < 4.78 is 0. The number of anilines is 1. The molecule has 24 heavy (non-hydrogen) atoms. The van der Waals surface area contributed by atoms with E-state index in [0.29, 0.717) is 12.3 Å². The van der Waals surface area contributed by atoms with Crippen molar-refractivity contribution < 1.29 is 14.5 Å². The number of nitrogens with zero attached hydrogens (tertiary/aromatic N) is 2. The molecule has 4 atom stereocenters. The van der Waals surface area contributed by atoms with Gasteiger partial charge >= 0.3 is 0 Å². The van der Waals surface area contributed by atoms with E-state index < -0.39 is 4.92 Å². The minimum absolute atomic E-state index is 0.133. The Morgan fingerprint density at radius 3 is 2.62 bits per heavy atom. The van der Waals surface area contributed by atoms with Crippen LogP contribution < -0.4 is 4.90 Å². The number of hydrogen-bond donors (Lipinski definition) is 0. The molecular weight excluding hydrogens is 308 g/mol. The van der Waals surface area contributed by atoms with Gasteiger partial charge in [-0.1, -0.05) is 25.1 Å². The third kappa shape index (κ3) is 1.89. The SMILES string of the molecule is C[C@H]1[C@@H](C(=O)N(C=O)c2cccc([N+](=O)[O-])c2)[C@@H]2C=C[C@@H]1C21CC1. The smallest absolute Gasteiger partial charge is 0.271 e. The molecule has 1 spiro atoms. The minimum atomic E-state index is -0.529. The van der Waals surface area contributed by atoms with Gasteiger partial charge in [0.15, 0.2) is 0 Å². The molecular formula is C18H18N2O4. The van der Waals surface area contributed by atoms with Crippen LogP contribution in [0.25, 0.3) is 0 Å². The summed E-state index contributed by atoms with van der Waals surface area (Å²) in [6, 6.07) is 5.66. The first-order valence-electron chi connectivity index (χ1n) is 8.21. The van der Waals surface area contributed by atoms with Gasteiger partial charge in [0, 0.05) is 18.1 Å². The first kappa shape index (κ1) is 15.1. The van der Waals surface area contributed by atoms with E-state index in [4.69, 9.17) is 0 Å². The molecule has 4 rings (SSSR count). The third-order valence-corrected chi connectivity index (χ3v) is 6.15. The van der Waals surface area contributed by atoms with Crippen LogP contribution in [-0.2, 0) is 9.59 Å². The topological polar surface area (TPSA) is 80.5 Å². The summed E-state index contributed by atoms with van der Waals surface area (Å²) in [7, 11) is 0. The Morgan fingerprint density at radius 1 is 1.33 bits per heavy atom. The van der Waals surface area contributed by atoms with Crippen LogP contribution in [0.3, 0.4) is 0 Å². The van der Waals surface area contributed by atoms with Crippen molar-refractivity contribution in [2.45, 2.75) is 19.8 Å². The number of benzene rings is 1. The van der Waals surface area contributed by atoms with Gasteiger partial charge in [0.25, 0.3) is 5.69 Å². The second-order valence-corrected chi connectivity index (χ2v) is 7.15. The zero-order valence-corrected chi connectivity index (χ0v) is 13.3. The monoisotopic (exact) mass is 326 g/mol. The summed E-state index contributed by atoms with van der Waals surface area (Å²) in [5, 5.41) is 10.9. The van der Waals surface area contributed by atoms with E-state index in [9.17, 15) is 19.7 Å². The molecule has 3 aliphatic carbocycles. The number of rotatable bonds is 4. The molecule has 0 heterocycles. The Hall–Kier alpha value is -2.50. The number of non-ortho nitro benzene ring substituents is 1. The Labute approximate surface area is 139 Å². The predicted octanol–water partition coefficient (Wildman–Crippen LogP) is 2.93. The Balaban J connectivity index is 1.66. The van der Waals surface area contributed by atoms with E-state index in [0.717, 1.165) is 17.7 Å². The molecule has 0 aromatic heterocycles. The summed E-state index contributed by atoms with van der Waals surface area (Å²) in [5.74, 6) is 0.311. The zero-order chi connectivity index (χ0) is 17.1. The normalized spacial score (nSPS) is 31.2. The van der Waals surface area contributed by atoms with Crippen molar-refractivity contribution in [3.63, 3.8) is 0 Å². The van der Waals surface area contributed by atoms with Gasteiger partial charge in [-0.2, -0.15) is 0 Å². The Morgan fingerprint density at radius 2 is 2.04 bits per heavy atom. The van der Waals surface area contributed by atoms with Crippen LogP contribution in [0.5, 0.6) is 0 Å². The number of hydrogen-bond acceptors (Lipinski definition) is 4. The van der Waals surface area contributed by atoms with Crippen LogP contribution >= 0.6 is 0 Å². The average molecular weight is 326 g/mol. The fraction of sp³-hybridized carbons (Fsp3) is 0.444. The maximum atomic E-state index is 13.1. The number of carbonyl (C=O) groups excluding carboxylic acids is 2. The molecule has 2 saturated carbocycles. The van der Waals surface area contributed by atoms with Gasteiger partial charge in [0.05, 0.1) is 10.6 Å². The standard InChI is InChI=1S/C18H18N2O4/c1-11-14-5-6-15(18(14)7-8-18)16(11)17(22)19(10-21)12-3-2-4-13(9-12)20(23)24/h2-6,9-11,14-16H,7-8H2,1H3/t11-,14+,15+,16-/m1/s1. The highest BCUT2D eigenvalue weighted by molar-refractivity contribution is 6.08. The molecule has 1 aromatic rings.